The van der Waals surface area contributed by atoms with Gasteiger partial charge in [0.1, 0.15) is 17.1 Å². The van der Waals surface area contributed by atoms with Crippen LogP contribution in [0.25, 0.3) is 22.1 Å². The van der Waals surface area contributed by atoms with Crippen LogP contribution in [0.2, 0.25) is 0 Å². The van der Waals surface area contributed by atoms with E-state index in [4.69, 9.17) is 15.4 Å². The molecule has 2 N–H and O–H groups in total. The number of rotatable bonds is 0. The number of nitrogens with two attached hydrogens (primary N) is 1. The third-order valence-corrected chi connectivity index (χ3v) is 2.54. The van der Waals surface area contributed by atoms with Crippen LogP contribution >= 0.6 is 0 Å². The number of furan rings is 1. The summed E-state index contributed by atoms with van der Waals surface area (Å²) >= 11 is 0. The van der Waals surface area contributed by atoms with Gasteiger partial charge in [-0.3, -0.25) is 4.98 Å². The summed E-state index contributed by atoms with van der Waals surface area (Å²) in [6.45, 7) is 0. The largest absolute Gasteiger partial charge is 0.453 e. The van der Waals surface area contributed by atoms with Crippen molar-refractivity contribution >= 4 is 27.8 Å². The summed E-state index contributed by atoms with van der Waals surface area (Å²) in [6, 6.07) is 9.19. The fourth-order valence-corrected chi connectivity index (χ4v) is 1.79. The molecule has 0 aliphatic rings. The minimum Gasteiger partial charge on any atom is -0.453 e. The van der Waals surface area contributed by atoms with Crippen molar-refractivity contribution in [3.63, 3.8) is 0 Å². The molecule has 4 heteroatoms. The molecule has 3 aromatic rings. The molecule has 0 bridgehead atoms. The number of anilines is 1. The Labute approximate surface area is 90.9 Å². The predicted molar refractivity (Wildman–Crippen MR) is 60.6 cm³/mol. The Kier molecular flexibility index (Phi) is 1.62. The monoisotopic (exact) mass is 209 g/mol. The maximum Gasteiger partial charge on any atom is 0.156 e. The van der Waals surface area contributed by atoms with E-state index < -0.39 is 0 Å². The fraction of sp³-hybridized carbons (Fsp3) is 0. The van der Waals surface area contributed by atoms with E-state index in [2.05, 4.69) is 11.1 Å². The summed E-state index contributed by atoms with van der Waals surface area (Å²) in [5.74, 6) is 0. The van der Waals surface area contributed by atoms with Crippen LogP contribution < -0.4 is 5.73 Å². The minimum atomic E-state index is 0.371. The van der Waals surface area contributed by atoms with Crippen LogP contribution in [0.15, 0.2) is 34.9 Å². The molecule has 3 rings (SSSR count). The molecule has 0 aliphatic heterocycles. The van der Waals surface area contributed by atoms with Gasteiger partial charge in [-0.2, -0.15) is 5.26 Å². The summed E-state index contributed by atoms with van der Waals surface area (Å²) in [5, 5.41) is 9.85. The highest BCUT2D eigenvalue weighted by Gasteiger charge is 2.13. The second-order valence-corrected chi connectivity index (χ2v) is 3.47. The molecule has 16 heavy (non-hydrogen) atoms. The lowest BCUT2D eigenvalue weighted by Gasteiger charge is -1.96. The zero-order valence-corrected chi connectivity index (χ0v) is 8.27. The van der Waals surface area contributed by atoms with E-state index in [0.29, 0.717) is 22.4 Å². The highest BCUT2D eigenvalue weighted by molar-refractivity contribution is 6.05. The van der Waals surface area contributed by atoms with Gasteiger partial charge in [-0.15, -0.1) is 0 Å². The third kappa shape index (κ3) is 0.997. The summed E-state index contributed by atoms with van der Waals surface area (Å²) in [4.78, 5) is 4.23. The van der Waals surface area contributed by atoms with Gasteiger partial charge in [-0.1, -0.05) is 0 Å². The third-order valence-electron chi connectivity index (χ3n) is 2.54. The predicted octanol–water partition coefficient (Wildman–Crippen LogP) is 2.43. The molecule has 0 amide bonds. The minimum absolute atomic E-state index is 0.371. The van der Waals surface area contributed by atoms with Gasteiger partial charge in [0, 0.05) is 11.6 Å². The van der Waals surface area contributed by atoms with E-state index in [-0.39, 0.29) is 0 Å². The highest BCUT2D eigenvalue weighted by atomic mass is 16.3. The van der Waals surface area contributed by atoms with Gasteiger partial charge in [-0.25, -0.2) is 0 Å². The number of nitrogen functional groups attached to an aromatic ring is 1. The van der Waals surface area contributed by atoms with Crippen molar-refractivity contribution in [2.24, 2.45) is 0 Å². The van der Waals surface area contributed by atoms with Gasteiger partial charge in [-0.05, 0) is 24.3 Å². The first-order valence-corrected chi connectivity index (χ1v) is 4.77. The molecule has 2 aromatic heterocycles. The van der Waals surface area contributed by atoms with Crippen molar-refractivity contribution in [2.75, 3.05) is 5.73 Å². The van der Waals surface area contributed by atoms with Crippen molar-refractivity contribution in [2.45, 2.75) is 0 Å². The Balaban J connectivity index is 2.60. The number of aromatic nitrogens is 1. The summed E-state index contributed by atoms with van der Waals surface area (Å²) in [5.41, 5.74) is 8.45. The molecule has 0 fully saturated rings. The number of hydrogen-bond donors (Lipinski definition) is 1. The van der Waals surface area contributed by atoms with Crippen LogP contribution in [0.5, 0.6) is 0 Å². The topological polar surface area (TPSA) is 75.8 Å². The molecule has 0 spiro atoms. The summed E-state index contributed by atoms with van der Waals surface area (Å²) in [6.07, 6.45) is 1.69. The maximum absolute atomic E-state index is 9.03. The Morgan fingerprint density at radius 2 is 2.19 bits per heavy atom. The van der Waals surface area contributed by atoms with Crippen molar-refractivity contribution < 1.29 is 4.42 Å². The lowest BCUT2D eigenvalue weighted by atomic mass is 10.1. The maximum atomic E-state index is 9.03. The van der Waals surface area contributed by atoms with E-state index in [0.717, 1.165) is 10.9 Å². The van der Waals surface area contributed by atoms with E-state index in [1.165, 1.54) is 0 Å². The average molecular weight is 209 g/mol. The SMILES string of the molecule is N#Cc1c(N)ccc2c1oc1cccnc12. The van der Waals surface area contributed by atoms with Crippen LogP contribution in [0.1, 0.15) is 5.56 Å². The lowest BCUT2D eigenvalue weighted by Crippen LogP contribution is -1.89. The van der Waals surface area contributed by atoms with E-state index >= 15 is 0 Å². The van der Waals surface area contributed by atoms with Crippen LogP contribution in [0.4, 0.5) is 5.69 Å². The number of pyridine rings is 1. The molecule has 0 saturated carbocycles. The summed E-state index contributed by atoms with van der Waals surface area (Å²) < 4.78 is 5.59. The van der Waals surface area contributed by atoms with Gasteiger partial charge in [0.2, 0.25) is 0 Å². The van der Waals surface area contributed by atoms with E-state index in [9.17, 15) is 0 Å². The molecule has 0 unspecified atom stereocenters. The normalized spacial score (nSPS) is 10.7. The fourth-order valence-electron chi connectivity index (χ4n) is 1.79. The molecule has 4 nitrogen and oxygen atoms in total. The molecule has 0 radical (unpaired) electrons. The summed E-state index contributed by atoms with van der Waals surface area (Å²) in [7, 11) is 0. The molecule has 1 aromatic carbocycles. The molecular weight excluding hydrogens is 202 g/mol. The standard InChI is InChI=1S/C12H7N3O/c13-6-8-9(14)4-3-7-11-10(16-12(7)8)2-1-5-15-11/h1-5H,14H2. The van der Waals surface area contributed by atoms with Crippen molar-refractivity contribution in [1.29, 1.82) is 5.26 Å². The Bertz CT molecular complexity index is 737. The number of hydrogen-bond acceptors (Lipinski definition) is 4. The second-order valence-electron chi connectivity index (χ2n) is 3.47. The van der Waals surface area contributed by atoms with Crippen LogP contribution in [-0.4, -0.2) is 4.98 Å². The average Bonchev–Trinajstić information content (AvgIpc) is 2.67. The number of fused-ring (bicyclic) bond motifs is 3. The second kappa shape index (κ2) is 2.97. The van der Waals surface area contributed by atoms with Crippen LogP contribution in [0, 0.1) is 11.3 Å². The van der Waals surface area contributed by atoms with Crippen molar-refractivity contribution in [1.82, 2.24) is 4.98 Å². The van der Waals surface area contributed by atoms with Gasteiger partial charge >= 0.3 is 0 Å². The Hall–Kier alpha value is -2.54. The Morgan fingerprint density at radius 1 is 1.31 bits per heavy atom. The van der Waals surface area contributed by atoms with Crippen LogP contribution in [-0.2, 0) is 0 Å². The van der Waals surface area contributed by atoms with Gasteiger partial charge in [0.25, 0.3) is 0 Å². The van der Waals surface area contributed by atoms with Crippen molar-refractivity contribution in [3.8, 4) is 6.07 Å². The highest BCUT2D eigenvalue weighted by Crippen LogP contribution is 2.31. The zero-order chi connectivity index (χ0) is 11.1. The van der Waals surface area contributed by atoms with E-state index in [1.54, 1.807) is 18.3 Å². The van der Waals surface area contributed by atoms with Gasteiger partial charge in [0.15, 0.2) is 11.2 Å². The first-order chi connectivity index (χ1) is 7.81. The van der Waals surface area contributed by atoms with E-state index in [1.807, 2.05) is 12.1 Å². The van der Waals surface area contributed by atoms with Gasteiger partial charge in [0.05, 0.1) is 5.69 Å². The number of benzene rings is 1. The quantitative estimate of drug-likeness (QED) is 0.577. The molecule has 2 heterocycles. The first kappa shape index (κ1) is 8.74. The number of nitrogens with zero attached hydrogens (tertiary/aromatic N) is 2. The molecule has 76 valence electrons. The molecule has 0 aliphatic carbocycles. The molecular formula is C12H7N3O. The molecule has 0 atom stereocenters. The molecule has 0 saturated heterocycles. The van der Waals surface area contributed by atoms with Crippen molar-refractivity contribution in [3.05, 3.63) is 36.0 Å². The first-order valence-electron chi connectivity index (χ1n) is 4.77. The van der Waals surface area contributed by atoms with Crippen LogP contribution in [0.3, 0.4) is 0 Å². The Morgan fingerprint density at radius 3 is 3.00 bits per heavy atom. The smallest absolute Gasteiger partial charge is 0.156 e. The lowest BCUT2D eigenvalue weighted by molar-refractivity contribution is 0.667. The number of nitriles is 1. The van der Waals surface area contributed by atoms with Gasteiger partial charge < -0.3 is 10.2 Å². The zero-order valence-electron chi connectivity index (χ0n) is 8.27.